The van der Waals surface area contributed by atoms with Gasteiger partial charge in [0.15, 0.2) is 0 Å². The van der Waals surface area contributed by atoms with Crippen molar-refractivity contribution in [3.8, 4) is 0 Å². The van der Waals surface area contributed by atoms with Crippen LogP contribution >= 0.6 is 0 Å². The molecule has 0 heterocycles. The van der Waals surface area contributed by atoms with Crippen LogP contribution in [0.15, 0.2) is 24.3 Å². The number of benzene rings is 1. The van der Waals surface area contributed by atoms with E-state index in [-0.39, 0.29) is 5.82 Å². The average molecular weight is 236 g/mol. The maximum atomic E-state index is 13.2. The van der Waals surface area contributed by atoms with E-state index in [2.05, 4.69) is 6.92 Å². The van der Waals surface area contributed by atoms with Crippen LogP contribution in [-0.2, 0) is 5.60 Å². The van der Waals surface area contributed by atoms with E-state index in [1.807, 2.05) is 6.07 Å². The molecule has 1 saturated carbocycles. The summed E-state index contributed by atoms with van der Waals surface area (Å²) >= 11 is 0. The van der Waals surface area contributed by atoms with Gasteiger partial charge in [-0.1, -0.05) is 31.9 Å². The van der Waals surface area contributed by atoms with Gasteiger partial charge in [-0.25, -0.2) is 4.39 Å². The molecule has 0 saturated heterocycles. The van der Waals surface area contributed by atoms with Gasteiger partial charge < -0.3 is 5.11 Å². The van der Waals surface area contributed by atoms with Gasteiger partial charge in [-0.05, 0) is 49.3 Å². The van der Waals surface area contributed by atoms with Gasteiger partial charge in [0, 0.05) is 0 Å². The third-order valence-electron chi connectivity index (χ3n) is 3.99. The third kappa shape index (κ3) is 2.86. The minimum Gasteiger partial charge on any atom is -0.385 e. The first-order valence-electron chi connectivity index (χ1n) is 6.62. The lowest BCUT2D eigenvalue weighted by Crippen LogP contribution is -2.31. The predicted octanol–water partition coefficient (Wildman–Crippen LogP) is 4.00. The Morgan fingerprint density at radius 1 is 1.35 bits per heavy atom. The van der Waals surface area contributed by atoms with Gasteiger partial charge in [-0.15, -0.1) is 0 Å². The van der Waals surface area contributed by atoms with E-state index < -0.39 is 5.60 Å². The molecule has 1 aliphatic rings. The molecule has 0 bridgehead atoms. The Labute approximate surface area is 103 Å². The van der Waals surface area contributed by atoms with E-state index in [1.165, 1.54) is 25.0 Å². The quantitative estimate of drug-likeness (QED) is 0.841. The van der Waals surface area contributed by atoms with Crippen LogP contribution in [0.25, 0.3) is 0 Å². The summed E-state index contributed by atoms with van der Waals surface area (Å²) in [6, 6.07) is 6.42. The van der Waals surface area contributed by atoms with Gasteiger partial charge in [0.25, 0.3) is 0 Å². The summed E-state index contributed by atoms with van der Waals surface area (Å²) in [6.45, 7) is 2.20. The number of hydrogen-bond donors (Lipinski definition) is 1. The van der Waals surface area contributed by atoms with Gasteiger partial charge in [0.05, 0.1) is 5.60 Å². The van der Waals surface area contributed by atoms with Crippen molar-refractivity contribution in [2.75, 3.05) is 0 Å². The van der Waals surface area contributed by atoms with Gasteiger partial charge in [-0.2, -0.15) is 0 Å². The predicted molar refractivity (Wildman–Crippen MR) is 67.2 cm³/mol. The van der Waals surface area contributed by atoms with Gasteiger partial charge in [-0.3, -0.25) is 0 Å². The molecule has 1 aromatic rings. The van der Waals surface area contributed by atoms with Crippen molar-refractivity contribution >= 4 is 0 Å². The smallest absolute Gasteiger partial charge is 0.123 e. The molecule has 0 radical (unpaired) electrons. The topological polar surface area (TPSA) is 20.2 Å². The molecule has 17 heavy (non-hydrogen) atoms. The molecule has 2 rings (SSSR count). The van der Waals surface area contributed by atoms with Crippen molar-refractivity contribution in [1.82, 2.24) is 0 Å². The molecule has 1 aliphatic carbocycles. The maximum absolute atomic E-state index is 13.2. The molecular weight excluding hydrogens is 215 g/mol. The SMILES string of the molecule is CCCC1CCC(O)(c2cccc(F)c2)CC1. The number of hydrogen-bond acceptors (Lipinski definition) is 1. The lowest BCUT2D eigenvalue weighted by Gasteiger charge is -2.36. The highest BCUT2D eigenvalue weighted by molar-refractivity contribution is 5.23. The molecule has 0 atom stereocenters. The van der Waals surface area contributed by atoms with E-state index in [9.17, 15) is 9.50 Å². The summed E-state index contributed by atoms with van der Waals surface area (Å²) in [5.41, 5.74) is -0.0563. The van der Waals surface area contributed by atoms with Crippen LogP contribution in [0.2, 0.25) is 0 Å². The van der Waals surface area contributed by atoms with E-state index in [1.54, 1.807) is 6.07 Å². The monoisotopic (exact) mass is 236 g/mol. The summed E-state index contributed by atoms with van der Waals surface area (Å²) in [5, 5.41) is 10.6. The zero-order valence-corrected chi connectivity index (χ0v) is 10.5. The van der Waals surface area contributed by atoms with Crippen molar-refractivity contribution in [2.24, 2.45) is 5.92 Å². The maximum Gasteiger partial charge on any atom is 0.123 e. The molecule has 0 spiro atoms. The van der Waals surface area contributed by atoms with Gasteiger partial charge in [0.1, 0.15) is 5.82 Å². The molecule has 94 valence electrons. The summed E-state index contributed by atoms with van der Waals surface area (Å²) in [7, 11) is 0. The van der Waals surface area contributed by atoms with E-state index in [0.29, 0.717) is 0 Å². The lowest BCUT2D eigenvalue weighted by molar-refractivity contribution is -0.0154. The summed E-state index contributed by atoms with van der Waals surface area (Å²) < 4.78 is 13.2. The molecule has 2 heteroatoms. The molecule has 0 amide bonds. The molecule has 1 N–H and O–H groups in total. The molecule has 1 nitrogen and oxygen atoms in total. The molecule has 0 unspecified atom stereocenters. The van der Waals surface area contributed by atoms with Crippen LogP contribution in [0, 0.1) is 11.7 Å². The molecule has 1 aromatic carbocycles. The highest BCUT2D eigenvalue weighted by Gasteiger charge is 2.34. The molecule has 0 aliphatic heterocycles. The molecule has 0 aromatic heterocycles. The second-order valence-corrected chi connectivity index (χ2v) is 5.27. The Morgan fingerprint density at radius 2 is 2.06 bits per heavy atom. The first-order chi connectivity index (χ1) is 8.14. The van der Waals surface area contributed by atoms with Gasteiger partial charge >= 0.3 is 0 Å². The standard InChI is InChI=1S/C15H21FO/c1-2-4-12-7-9-15(17,10-8-12)13-5-3-6-14(16)11-13/h3,5-6,11-12,17H,2,4,7-10H2,1H3. The second kappa shape index (κ2) is 5.18. The third-order valence-corrected chi connectivity index (χ3v) is 3.99. The van der Waals surface area contributed by atoms with Crippen molar-refractivity contribution in [2.45, 2.75) is 51.0 Å². The zero-order valence-electron chi connectivity index (χ0n) is 10.5. The largest absolute Gasteiger partial charge is 0.385 e. The summed E-state index contributed by atoms with van der Waals surface area (Å²) in [5.74, 6) is 0.487. The summed E-state index contributed by atoms with van der Waals surface area (Å²) in [6.07, 6.45) is 6.10. The van der Waals surface area contributed by atoms with E-state index in [0.717, 1.165) is 37.2 Å². The first kappa shape index (κ1) is 12.6. The lowest BCUT2D eigenvalue weighted by atomic mass is 9.74. The number of rotatable bonds is 3. The minimum atomic E-state index is -0.799. The van der Waals surface area contributed by atoms with Crippen LogP contribution in [0.1, 0.15) is 51.0 Å². The Balaban J connectivity index is 2.06. The van der Waals surface area contributed by atoms with Crippen LogP contribution in [0.4, 0.5) is 4.39 Å². The van der Waals surface area contributed by atoms with Crippen molar-refractivity contribution in [3.05, 3.63) is 35.6 Å². The highest BCUT2D eigenvalue weighted by Crippen LogP contribution is 2.40. The fourth-order valence-corrected chi connectivity index (χ4v) is 2.92. The van der Waals surface area contributed by atoms with Crippen LogP contribution in [0.3, 0.4) is 0 Å². The van der Waals surface area contributed by atoms with Crippen molar-refractivity contribution in [3.63, 3.8) is 0 Å². The Hall–Kier alpha value is -0.890. The number of aliphatic hydroxyl groups is 1. The average Bonchev–Trinajstić information content (AvgIpc) is 2.33. The van der Waals surface area contributed by atoms with Crippen LogP contribution in [-0.4, -0.2) is 5.11 Å². The normalized spacial score (nSPS) is 29.2. The molecule has 1 fully saturated rings. The second-order valence-electron chi connectivity index (χ2n) is 5.27. The van der Waals surface area contributed by atoms with E-state index in [4.69, 9.17) is 0 Å². The van der Waals surface area contributed by atoms with Crippen LogP contribution in [0.5, 0.6) is 0 Å². The fraction of sp³-hybridized carbons (Fsp3) is 0.600. The van der Waals surface area contributed by atoms with Gasteiger partial charge in [0.2, 0.25) is 0 Å². The van der Waals surface area contributed by atoms with Crippen LogP contribution < -0.4 is 0 Å². The Bertz CT molecular complexity index is 367. The zero-order chi connectivity index (χ0) is 12.3. The van der Waals surface area contributed by atoms with Crippen molar-refractivity contribution < 1.29 is 9.50 Å². The Kier molecular flexibility index (Phi) is 3.82. The fourth-order valence-electron chi connectivity index (χ4n) is 2.92. The minimum absolute atomic E-state index is 0.258. The van der Waals surface area contributed by atoms with E-state index >= 15 is 0 Å². The van der Waals surface area contributed by atoms with Crippen molar-refractivity contribution in [1.29, 1.82) is 0 Å². The first-order valence-corrected chi connectivity index (χ1v) is 6.62. The Morgan fingerprint density at radius 3 is 2.65 bits per heavy atom. The molecular formula is C15H21FO. The number of halogens is 1. The summed E-state index contributed by atoms with van der Waals surface area (Å²) in [4.78, 5) is 0. The highest BCUT2D eigenvalue weighted by atomic mass is 19.1.